The Bertz CT molecular complexity index is 451. The van der Waals surface area contributed by atoms with E-state index in [4.69, 9.17) is 4.74 Å². The second kappa shape index (κ2) is 7.80. The quantitative estimate of drug-likeness (QED) is 0.870. The number of nitrogens with zero attached hydrogens (tertiary/aromatic N) is 1. The van der Waals surface area contributed by atoms with Gasteiger partial charge in [-0.05, 0) is 24.7 Å². The first kappa shape index (κ1) is 17.1. The maximum atomic E-state index is 12.0. The van der Waals surface area contributed by atoms with E-state index in [1.54, 1.807) is 24.3 Å². The zero-order valence-electron chi connectivity index (χ0n) is 12.5. The van der Waals surface area contributed by atoms with E-state index >= 15 is 0 Å². The van der Waals surface area contributed by atoms with Crippen LogP contribution in [0, 0.1) is 0 Å². The minimum absolute atomic E-state index is 0.174. The van der Waals surface area contributed by atoms with Crippen molar-refractivity contribution < 1.29 is 22.6 Å². The third-order valence-electron chi connectivity index (χ3n) is 3.37. The van der Waals surface area contributed by atoms with E-state index in [-0.39, 0.29) is 11.9 Å². The number of morpholine rings is 1. The molecule has 1 atom stereocenters. The second-order valence-electron chi connectivity index (χ2n) is 5.43. The molecule has 0 amide bonds. The standard InChI is InChI=1S/C15H21F3N2O2/c1-20-6-7-21-14(10-20)9-19-8-12-2-4-13(5-3-12)22-11-15(16,17)18/h2-5,14,19H,6-11H2,1H3/t14-/m0/s1. The number of ether oxygens (including phenoxy) is 2. The van der Waals surface area contributed by atoms with Crippen LogP contribution in [0.25, 0.3) is 0 Å². The highest BCUT2D eigenvalue weighted by Gasteiger charge is 2.28. The lowest BCUT2D eigenvalue weighted by molar-refractivity contribution is -0.153. The number of rotatable bonds is 6. The molecule has 2 rings (SSSR count). The van der Waals surface area contributed by atoms with Crippen molar-refractivity contribution in [3.63, 3.8) is 0 Å². The van der Waals surface area contributed by atoms with Gasteiger partial charge < -0.3 is 19.7 Å². The van der Waals surface area contributed by atoms with Crippen LogP contribution in [0.2, 0.25) is 0 Å². The molecule has 0 spiro atoms. The molecule has 0 unspecified atom stereocenters. The summed E-state index contributed by atoms with van der Waals surface area (Å²) in [6.45, 7) is 2.72. The molecule has 4 nitrogen and oxygen atoms in total. The minimum atomic E-state index is -4.31. The minimum Gasteiger partial charge on any atom is -0.484 e. The Kier molecular flexibility index (Phi) is 6.05. The fourth-order valence-corrected chi connectivity index (χ4v) is 2.24. The van der Waals surface area contributed by atoms with Crippen LogP contribution >= 0.6 is 0 Å². The van der Waals surface area contributed by atoms with Crippen LogP contribution in [0.4, 0.5) is 13.2 Å². The maximum Gasteiger partial charge on any atom is 0.422 e. The first-order valence-electron chi connectivity index (χ1n) is 7.22. The van der Waals surface area contributed by atoms with Crippen LogP contribution in [-0.4, -0.2) is 57.1 Å². The Balaban J connectivity index is 1.70. The van der Waals surface area contributed by atoms with Crippen LogP contribution in [-0.2, 0) is 11.3 Å². The Labute approximate surface area is 128 Å². The van der Waals surface area contributed by atoms with Crippen molar-refractivity contribution in [3.05, 3.63) is 29.8 Å². The first-order valence-corrected chi connectivity index (χ1v) is 7.22. The molecule has 1 aliphatic rings. The summed E-state index contributed by atoms with van der Waals surface area (Å²) >= 11 is 0. The molecule has 1 saturated heterocycles. The smallest absolute Gasteiger partial charge is 0.422 e. The molecule has 0 aromatic heterocycles. The van der Waals surface area contributed by atoms with Crippen molar-refractivity contribution in [2.24, 2.45) is 0 Å². The molecule has 1 aromatic rings. The van der Waals surface area contributed by atoms with Crippen molar-refractivity contribution >= 4 is 0 Å². The number of alkyl halides is 3. The van der Waals surface area contributed by atoms with Gasteiger partial charge in [-0.1, -0.05) is 12.1 Å². The van der Waals surface area contributed by atoms with Crippen LogP contribution in [0.1, 0.15) is 5.56 Å². The van der Waals surface area contributed by atoms with E-state index in [2.05, 4.69) is 22.0 Å². The lowest BCUT2D eigenvalue weighted by Gasteiger charge is -2.30. The molecule has 1 aliphatic heterocycles. The largest absolute Gasteiger partial charge is 0.484 e. The van der Waals surface area contributed by atoms with Crippen molar-refractivity contribution in [3.8, 4) is 5.75 Å². The monoisotopic (exact) mass is 318 g/mol. The molecule has 0 aliphatic carbocycles. The van der Waals surface area contributed by atoms with E-state index in [1.807, 2.05) is 0 Å². The maximum absolute atomic E-state index is 12.0. The second-order valence-corrected chi connectivity index (χ2v) is 5.43. The summed E-state index contributed by atoms with van der Waals surface area (Å²) in [7, 11) is 2.06. The molecular formula is C15H21F3N2O2. The lowest BCUT2D eigenvalue weighted by Crippen LogP contribution is -2.44. The van der Waals surface area contributed by atoms with Gasteiger partial charge in [0.2, 0.25) is 0 Å². The summed E-state index contributed by atoms with van der Waals surface area (Å²) in [5, 5.41) is 3.30. The topological polar surface area (TPSA) is 33.7 Å². The molecule has 1 fully saturated rings. The summed E-state index contributed by atoms with van der Waals surface area (Å²) in [6.07, 6.45) is -4.14. The highest BCUT2D eigenvalue weighted by Crippen LogP contribution is 2.18. The molecule has 124 valence electrons. The zero-order chi connectivity index (χ0) is 16.0. The van der Waals surface area contributed by atoms with Gasteiger partial charge in [0.15, 0.2) is 6.61 Å². The fourth-order valence-electron chi connectivity index (χ4n) is 2.24. The Morgan fingerprint density at radius 3 is 2.68 bits per heavy atom. The van der Waals surface area contributed by atoms with E-state index in [0.717, 1.165) is 31.8 Å². The number of benzene rings is 1. The van der Waals surface area contributed by atoms with Gasteiger partial charge in [-0.2, -0.15) is 13.2 Å². The van der Waals surface area contributed by atoms with Gasteiger partial charge in [-0.15, -0.1) is 0 Å². The molecule has 0 bridgehead atoms. The zero-order valence-corrected chi connectivity index (χ0v) is 12.5. The van der Waals surface area contributed by atoms with E-state index < -0.39 is 12.8 Å². The van der Waals surface area contributed by atoms with E-state index in [0.29, 0.717) is 6.54 Å². The van der Waals surface area contributed by atoms with Gasteiger partial charge in [0.05, 0.1) is 12.7 Å². The Morgan fingerprint density at radius 2 is 2.05 bits per heavy atom. The van der Waals surface area contributed by atoms with Crippen molar-refractivity contribution in [1.29, 1.82) is 0 Å². The molecule has 22 heavy (non-hydrogen) atoms. The summed E-state index contributed by atoms with van der Waals surface area (Å²) in [4.78, 5) is 2.22. The van der Waals surface area contributed by atoms with Gasteiger partial charge >= 0.3 is 6.18 Å². The summed E-state index contributed by atoms with van der Waals surface area (Å²) in [5.41, 5.74) is 0.989. The number of hydrogen-bond acceptors (Lipinski definition) is 4. The van der Waals surface area contributed by atoms with Gasteiger partial charge in [0, 0.05) is 26.2 Å². The Morgan fingerprint density at radius 1 is 1.32 bits per heavy atom. The number of hydrogen-bond donors (Lipinski definition) is 1. The number of nitrogens with one attached hydrogen (secondary N) is 1. The van der Waals surface area contributed by atoms with Crippen molar-refractivity contribution in [2.45, 2.75) is 18.8 Å². The fraction of sp³-hybridized carbons (Fsp3) is 0.600. The normalized spacial score (nSPS) is 20.1. The molecule has 1 heterocycles. The van der Waals surface area contributed by atoms with Gasteiger partial charge in [-0.25, -0.2) is 0 Å². The Hall–Kier alpha value is -1.31. The molecule has 7 heteroatoms. The molecule has 0 saturated carbocycles. The average molecular weight is 318 g/mol. The summed E-state index contributed by atoms with van der Waals surface area (Å²) in [6, 6.07) is 6.61. The predicted molar refractivity (Wildman–Crippen MR) is 76.9 cm³/mol. The van der Waals surface area contributed by atoms with Gasteiger partial charge in [0.1, 0.15) is 5.75 Å². The highest BCUT2D eigenvalue weighted by atomic mass is 19.4. The summed E-state index contributed by atoms with van der Waals surface area (Å²) in [5.74, 6) is 0.221. The first-order chi connectivity index (χ1) is 10.4. The van der Waals surface area contributed by atoms with E-state index in [1.165, 1.54) is 0 Å². The lowest BCUT2D eigenvalue weighted by atomic mass is 10.2. The van der Waals surface area contributed by atoms with Gasteiger partial charge in [0.25, 0.3) is 0 Å². The third-order valence-corrected chi connectivity index (χ3v) is 3.37. The molecule has 0 radical (unpaired) electrons. The van der Waals surface area contributed by atoms with Crippen LogP contribution in [0.15, 0.2) is 24.3 Å². The van der Waals surface area contributed by atoms with Gasteiger partial charge in [-0.3, -0.25) is 0 Å². The number of likely N-dealkylation sites (N-methyl/N-ethyl adjacent to an activating group) is 1. The molecule has 1 aromatic carbocycles. The highest BCUT2D eigenvalue weighted by molar-refractivity contribution is 5.27. The predicted octanol–water partition coefficient (Wildman–Crippen LogP) is 2.05. The molecular weight excluding hydrogens is 297 g/mol. The van der Waals surface area contributed by atoms with Crippen LogP contribution < -0.4 is 10.1 Å². The SMILES string of the molecule is CN1CCO[C@@H](CNCc2ccc(OCC(F)(F)F)cc2)C1. The van der Waals surface area contributed by atoms with Crippen LogP contribution in [0.3, 0.4) is 0 Å². The third kappa shape index (κ3) is 6.21. The van der Waals surface area contributed by atoms with E-state index in [9.17, 15) is 13.2 Å². The summed E-state index contributed by atoms with van der Waals surface area (Å²) < 4.78 is 46.4. The average Bonchev–Trinajstić information content (AvgIpc) is 2.46. The molecule has 1 N–H and O–H groups in total. The number of halogens is 3. The van der Waals surface area contributed by atoms with Crippen LogP contribution in [0.5, 0.6) is 5.75 Å². The van der Waals surface area contributed by atoms with Crippen molar-refractivity contribution in [1.82, 2.24) is 10.2 Å². The van der Waals surface area contributed by atoms with Crippen molar-refractivity contribution in [2.75, 3.05) is 39.9 Å².